The van der Waals surface area contributed by atoms with E-state index in [2.05, 4.69) is 4.72 Å². The standard InChI is InChI=1S/C18H21NO2S/c1-11(2)14-9-15(18(21)10-17(14)20)13-5-3-4-6-16(13)19-22-12-7-8-12/h3-6,9-12,19-21H,7-8H2,1-2H3. The lowest BCUT2D eigenvalue weighted by Gasteiger charge is -2.16. The van der Waals surface area contributed by atoms with Gasteiger partial charge in [0.1, 0.15) is 11.5 Å². The van der Waals surface area contributed by atoms with Crippen LogP contribution in [-0.2, 0) is 0 Å². The van der Waals surface area contributed by atoms with Gasteiger partial charge in [-0.1, -0.05) is 32.0 Å². The summed E-state index contributed by atoms with van der Waals surface area (Å²) in [5, 5.41) is 21.0. The molecule has 0 bridgehead atoms. The molecule has 0 heterocycles. The van der Waals surface area contributed by atoms with Crippen molar-refractivity contribution in [3.8, 4) is 22.6 Å². The first-order valence-electron chi connectivity index (χ1n) is 7.63. The van der Waals surface area contributed by atoms with Crippen LogP contribution in [0.2, 0.25) is 0 Å². The van der Waals surface area contributed by atoms with Crippen LogP contribution < -0.4 is 4.72 Å². The summed E-state index contributed by atoms with van der Waals surface area (Å²) in [5.74, 6) is 0.446. The summed E-state index contributed by atoms with van der Waals surface area (Å²) in [7, 11) is 0. The molecule has 1 saturated carbocycles. The Morgan fingerprint density at radius 1 is 1.05 bits per heavy atom. The molecular formula is C18H21NO2S. The van der Waals surface area contributed by atoms with Gasteiger partial charge in [0.05, 0.1) is 5.69 Å². The van der Waals surface area contributed by atoms with Crippen LogP contribution in [0.4, 0.5) is 5.69 Å². The molecule has 3 nitrogen and oxygen atoms in total. The van der Waals surface area contributed by atoms with Gasteiger partial charge in [0.2, 0.25) is 0 Å². The second-order valence-corrected chi connectivity index (χ2v) is 7.15. The number of anilines is 1. The highest BCUT2D eigenvalue weighted by Gasteiger charge is 2.23. The number of hydrogen-bond donors (Lipinski definition) is 3. The van der Waals surface area contributed by atoms with E-state index in [0.717, 1.165) is 22.4 Å². The van der Waals surface area contributed by atoms with Crippen LogP contribution >= 0.6 is 11.9 Å². The molecule has 1 aliphatic carbocycles. The minimum Gasteiger partial charge on any atom is -0.508 e. The molecule has 1 aliphatic rings. The number of para-hydroxylation sites is 1. The normalized spacial score (nSPS) is 14.3. The Morgan fingerprint density at radius 3 is 2.45 bits per heavy atom. The SMILES string of the molecule is CC(C)c1cc(-c2ccccc2NSC2CC2)c(O)cc1O. The molecule has 2 aromatic rings. The van der Waals surface area contributed by atoms with Gasteiger partial charge in [0.25, 0.3) is 0 Å². The fraction of sp³-hybridized carbons (Fsp3) is 0.333. The molecule has 0 aliphatic heterocycles. The number of phenols is 2. The van der Waals surface area contributed by atoms with Crippen LogP contribution in [0.3, 0.4) is 0 Å². The molecule has 3 rings (SSSR count). The fourth-order valence-corrected chi connectivity index (χ4v) is 3.26. The summed E-state index contributed by atoms with van der Waals surface area (Å²) in [4.78, 5) is 0. The van der Waals surface area contributed by atoms with Crippen molar-refractivity contribution in [3.63, 3.8) is 0 Å². The van der Waals surface area contributed by atoms with Crippen LogP contribution in [0.15, 0.2) is 36.4 Å². The van der Waals surface area contributed by atoms with Gasteiger partial charge in [0, 0.05) is 22.4 Å². The topological polar surface area (TPSA) is 52.5 Å². The molecule has 0 saturated heterocycles. The quantitative estimate of drug-likeness (QED) is 0.671. The Morgan fingerprint density at radius 2 is 1.77 bits per heavy atom. The van der Waals surface area contributed by atoms with Crippen molar-refractivity contribution in [2.24, 2.45) is 0 Å². The van der Waals surface area contributed by atoms with E-state index < -0.39 is 0 Å². The van der Waals surface area contributed by atoms with Gasteiger partial charge in [-0.2, -0.15) is 0 Å². The molecule has 0 spiro atoms. The Bertz CT molecular complexity index is 681. The minimum absolute atomic E-state index is 0.104. The summed E-state index contributed by atoms with van der Waals surface area (Å²) in [6.07, 6.45) is 2.53. The zero-order valence-electron chi connectivity index (χ0n) is 12.8. The molecule has 2 aromatic carbocycles. The number of benzene rings is 2. The molecule has 0 radical (unpaired) electrons. The third-order valence-corrected chi connectivity index (χ3v) is 4.99. The molecule has 1 fully saturated rings. The lowest BCUT2D eigenvalue weighted by atomic mass is 9.95. The number of phenolic OH excluding ortho intramolecular Hbond substituents is 2. The van der Waals surface area contributed by atoms with E-state index in [9.17, 15) is 10.2 Å². The van der Waals surface area contributed by atoms with E-state index >= 15 is 0 Å². The highest BCUT2D eigenvalue weighted by Crippen LogP contribution is 2.42. The molecule has 0 unspecified atom stereocenters. The maximum absolute atomic E-state index is 10.3. The van der Waals surface area contributed by atoms with Gasteiger partial charge in [-0.3, -0.25) is 0 Å². The molecule has 3 N–H and O–H groups in total. The average Bonchev–Trinajstić information content (AvgIpc) is 3.29. The summed E-state index contributed by atoms with van der Waals surface area (Å²) in [5.41, 5.74) is 3.54. The van der Waals surface area contributed by atoms with Crippen LogP contribution in [-0.4, -0.2) is 15.5 Å². The molecule has 4 heteroatoms. The minimum atomic E-state index is 0.104. The van der Waals surface area contributed by atoms with E-state index in [4.69, 9.17) is 0 Å². The smallest absolute Gasteiger partial charge is 0.127 e. The molecule has 0 atom stereocenters. The highest BCUT2D eigenvalue weighted by atomic mass is 32.2. The van der Waals surface area contributed by atoms with E-state index in [1.165, 1.54) is 18.9 Å². The monoisotopic (exact) mass is 315 g/mol. The Labute approximate surface area is 135 Å². The number of hydrogen-bond acceptors (Lipinski definition) is 4. The van der Waals surface area contributed by atoms with Crippen molar-refractivity contribution in [1.29, 1.82) is 0 Å². The van der Waals surface area contributed by atoms with Crippen molar-refractivity contribution >= 4 is 17.6 Å². The highest BCUT2D eigenvalue weighted by molar-refractivity contribution is 8.01. The maximum Gasteiger partial charge on any atom is 0.127 e. The first-order chi connectivity index (χ1) is 10.6. The largest absolute Gasteiger partial charge is 0.508 e. The van der Waals surface area contributed by atoms with Crippen molar-refractivity contribution in [2.75, 3.05) is 4.72 Å². The molecule has 0 aromatic heterocycles. The third-order valence-electron chi connectivity index (χ3n) is 3.84. The maximum atomic E-state index is 10.3. The molecule has 22 heavy (non-hydrogen) atoms. The zero-order chi connectivity index (χ0) is 15.7. The Kier molecular flexibility index (Phi) is 4.21. The van der Waals surface area contributed by atoms with Crippen LogP contribution in [0.25, 0.3) is 11.1 Å². The van der Waals surface area contributed by atoms with E-state index in [1.54, 1.807) is 11.9 Å². The summed E-state index contributed by atoms with van der Waals surface area (Å²) in [6.45, 7) is 4.06. The lowest BCUT2D eigenvalue weighted by Crippen LogP contribution is -1.94. The molecule has 0 amide bonds. The number of rotatable bonds is 5. The van der Waals surface area contributed by atoms with Gasteiger partial charge in [-0.05, 0) is 48.4 Å². The first-order valence-corrected chi connectivity index (χ1v) is 8.51. The number of nitrogens with one attached hydrogen (secondary N) is 1. The van der Waals surface area contributed by atoms with E-state index in [-0.39, 0.29) is 17.4 Å². The Hall–Kier alpha value is -1.81. The van der Waals surface area contributed by atoms with Crippen molar-refractivity contribution in [3.05, 3.63) is 42.0 Å². The predicted molar refractivity (Wildman–Crippen MR) is 93.5 cm³/mol. The van der Waals surface area contributed by atoms with Crippen molar-refractivity contribution < 1.29 is 10.2 Å². The van der Waals surface area contributed by atoms with Crippen LogP contribution in [0, 0.1) is 0 Å². The van der Waals surface area contributed by atoms with Crippen LogP contribution in [0.1, 0.15) is 38.2 Å². The number of aromatic hydroxyl groups is 2. The predicted octanol–water partition coefficient (Wildman–Crippen LogP) is 5.11. The summed E-state index contributed by atoms with van der Waals surface area (Å²) < 4.78 is 3.41. The molecule has 116 valence electrons. The van der Waals surface area contributed by atoms with Crippen LogP contribution in [0.5, 0.6) is 11.5 Å². The van der Waals surface area contributed by atoms with Crippen molar-refractivity contribution in [1.82, 2.24) is 0 Å². The van der Waals surface area contributed by atoms with Crippen molar-refractivity contribution in [2.45, 2.75) is 37.9 Å². The summed E-state index contributed by atoms with van der Waals surface area (Å²) >= 11 is 1.74. The second kappa shape index (κ2) is 6.13. The first kappa shape index (κ1) is 15.1. The zero-order valence-corrected chi connectivity index (χ0v) is 13.7. The second-order valence-electron chi connectivity index (χ2n) is 6.05. The van der Waals surface area contributed by atoms with Gasteiger partial charge in [-0.25, -0.2) is 0 Å². The Balaban J connectivity index is 2.00. The third kappa shape index (κ3) is 3.17. The van der Waals surface area contributed by atoms with Gasteiger partial charge in [0.15, 0.2) is 0 Å². The average molecular weight is 315 g/mol. The summed E-state index contributed by atoms with van der Waals surface area (Å²) in [6, 6.07) is 11.3. The van der Waals surface area contributed by atoms with Gasteiger partial charge in [-0.15, -0.1) is 0 Å². The van der Waals surface area contributed by atoms with E-state index in [0.29, 0.717) is 5.25 Å². The van der Waals surface area contributed by atoms with Gasteiger partial charge >= 0.3 is 0 Å². The molecular weight excluding hydrogens is 294 g/mol. The lowest BCUT2D eigenvalue weighted by molar-refractivity contribution is 0.445. The van der Waals surface area contributed by atoms with E-state index in [1.807, 2.05) is 44.2 Å². The fourth-order valence-electron chi connectivity index (χ4n) is 2.41. The van der Waals surface area contributed by atoms with Gasteiger partial charge < -0.3 is 14.9 Å².